The molecule has 5 nitrogen and oxygen atoms in total. The van der Waals surface area contributed by atoms with Gasteiger partial charge in [-0.1, -0.05) is 25.0 Å². The van der Waals surface area contributed by atoms with Gasteiger partial charge in [-0.3, -0.25) is 4.55 Å². The smallest absolute Gasteiger partial charge is 0.264 e. The summed E-state index contributed by atoms with van der Waals surface area (Å²) in [6.45, 7) is 0.546. The maximum atomic E-state index is 10.9. The first-order chi connectivity index (χ1) is 10.9. The number of nitrogens with one attached hydrogen (secondary N) is 1. The van der Waals surface area contributed by atoms with Crippen molar-refractivity contribution in [2.24, 2.45) is 0 Å². The van der Waals surface area contributed by atoms with Gasteiger partial charge in [0.25, 0.3) is 10.1 Å². The standard InChI is InChI=1S/C16H24INO4S/c1-22-15(13-5-7-14(17)8-6-13)16(9-2-3-10-16)18-11-4-12-23(19,20)21/h5-8,15,18H,2-4,9-12H2,1H3,(H,19,20,21). The lowest BCUT2D eigenvalue weighted by Gasteiger charge is -2.38. The first kappa shape index (κ1) is 19.1. The number of halogens is 1. The molecule has 2 N–H and O–H groups in total. The third-order valence-electron chi connectivity index (χ3n) is 4.46. The number of ether oxygens (including phenoxy) is 1. The van der Waals surface area contributed by atoms with E-state index in [9.17, 15) is 8.42 Å². The second-order valence-corrected chi connectivity index (χ2v) is 8.91. The van der Waals surface area contributed by atoms with Gasteiger partial charge in [0.1, 0.15) is 6.10 Å². The zero-order valence-electron chi connectivity index (χ0n) is 13.3. The normalized spacial score (nSPS) is 18.9. The van der Waals surface area contributed by atoms with Crippen LogP contribution in [0.4, 0.5) is 0 Å². The van der Waals surface area contributed by atoms with E-state index in [1.165, 1.54) is 3.57 Å². The lowest BCUT2D eigenvalue weighted by molar-refractivity contribution is 0.0171. The van der Waals surface area contributed by atoms with Crippen molar-refractivity contribution < 1.29 is 17.7 Å². The van der Waals surface area contributed by atoms with Crippen LogP contribution in [0.15, 0.2) is 24.3 Å². The fourth-order valence-electron chi connectivity index (χ4n) is 3.45. The van der Waals surface area contributed by atoms with Crippen LogP contribution >= 0.6 is 22.6 Å². The maximum Gasteiger partial charge on any atom is 0.264 e. The van der Waals surface area contributed by atoms with Crippen molar-refractivity contribution >= 4 is 32.7 Å². The van der Waals surface area contributed by atoms with Crippen LogP contribution in [-0.2, 0) is 14.9 Å². The lowest BCUT2D eigenvalue weighted by Crippen LogP contribution is -2.49. The molecule has 0 bridgehead atoms. The average molecular weight is 453 g/mol. The van der Waals surface area contributed by atoms with E-state index in [4.69, 9.17) is 9.29 Å². The molecule has 1 aliphatic carbocycles. The van der Waals surface area contributed by atoms with Gasteiger partial charge in [0.05, 0.1) is 5.75 Å². The molecule has 1 aromatic rings. The Morgan fingerprint density at radius 3 is 2.43 bits per heavy atom. The van der Waals surface area contributed by atoms with Gasteiger partial charge in [-0.15, -0.1) is 0 Å². The van der Waals surface area contributed by atoms with Gasteiger partial charge in [0, 0.05) is 16.2 Å². The summed E-state index contributed by atoms with van der Waals surface area (Å²) in [6, 6.07) is 8.33. The van der Waals surface area contributed by atoms with Crippen molar-refractivity contribution in [3.63, 3.8) is 0 Å². The van der Waals surface area contributed by atoms with Crippen LogP contribution in [0.5, 0.6) is 0 Å². The van der Waals surface area contributed by atoms with Crippen molar-refractivity contribution in [2.75, 3.05) is 19.4 Å². The van der Waals surface area contributed by atoms with Crippen LogP contribution in [0.1, 0.15) is 43.8 Å². The largest absolute Gasteiger partial charge is 0.375 e. The molecule has 0 spiro atoms. The topological polar surface area (TPSA) is 75.6 Å². The van der Waals surface area contributed by atoms with Crippen molar-refractivity contribution in [1.82, 2.24) is 5.32 Å². The Kier molecular flexibility index (Phi) is 6.85. The molecule has 2 rings (SSSR count). The maximum absolute atomic E-state index is 10.9. The van der Waals surface area contributed by atoms with Crippen LogP contribution in [0.25, 0.3) is 0 Å². The zero-order chi connectivity index (χ0) is 16.9. The van der Waals surface area contributed by atoms with E-state index in [0.717, 1.165) is 31.2 Å². The summed E-state index contributed by atoms with van der Waals surface area (Å²) in [6.07, 6.45) is 4.61. The van der Waals surface area contributed by atoms with Crippen molar-refractivity contribution in [3.8, 4) is 0 Å². The summed E-state index contributed by atoms with van der Waals surface area (Å²) in [5.41, 5.74) is 0.970. The Morgan fingerprint density at radius 2 is 1.91 bits per heavy atom. The van der Waals surface area contributed by atoms with Gasteiger partial charge in [0.2, 0.25) is 0 Å². The minimum absolute atomic E-state index is 0.0623. The Morgan fingerprint density at radius 1 is 1.30 bits per heavy atom. The highest BCUT2D eigenvalue weighted by molar-refractivity contribution is 14.1. The molecule has 1 atom stereocenters. The predicted octanol–water partition coefficient (Wildman–Crippen LogP) is 3.16. The van der Waals surface area contributed by atoms with E-state index < -0.39 is 10.1 Å². The average Bonchev–Trinajstić information content (AvgIpc) is 2.95. The molecule has 1 aromatic carbocycles. The number of rotatable bonds is 8. The number of methoxy groups -OCH3 is 1. The highest BCUT2D eigenvalue weighted by Crippen LogP contribution is 2.41. The van der Waals surface area contributed by atoms with Gasteiger partial charge in [-0.05, 0) is 66.1 Å². The van der Waals surface area contributed by atoms with E-state index in [2.05, 4.69) is 52.2 Å². The van der Waals surface area contributed by atoms with Crippen LogP contribution in [0.2, 0.25) is 0 Å². The molecule has 0 amide bonds. The fourth-order valence-corrected chi connectivity index (χ4v) is 4.32. The van der Waals surface area contributed by atoms with E-state index in [1.807, 2.05) is 0 Å². The molecule has 1 saturated carbocycles. The summed E-state index contributed by atoms with van der Waals surface area (Å²) in [7, 11) is -2.17. The Bertz CT molecular complexity index is 597. The molecule has 23 heavy (non-hydrogen) atoms. The number of hydrogen-bond donors (Lipinski definition) is 2. The summed E-state index contributed by atoms with van der Waals surface area (Å²) in [5.74, 6) is -0.211. The summed E-state index contributed by atoms with van der Waals surface area (Å²) >= 11 is 2.28. The van der Waals surface area contributed by atoms with E-state index >= 15 is 0 Å². The molecule has 0 aromatic heterocycles. The third kappa shape index (κ3) is 5.38. The van der Waals surface area contributed by atoms with Crippen LogP contribution in [-0.4, -0.2) is 37.9 Å². The summed E-state index contributed by atoms with van der Waals surface area (Å²) < 4.78 is 37.6. The Balaban J connectivity index is 2.09. The van der Waals surface area contributed by atoms with E-state index in [1.54, 1.807) is 7.11 Å². The molecule has 130 valence electrons. The van der Waals surface area contributed by atoms with Gasteiger partial charge < -0.3 is 10.1 Å². The second-order valence-electron chi connectivity index (χ2n) is 6.10. The van der Waals surface area contributed by atoms with Crippen LogP contribution in [0.3, 0.4) is 0 Å². The second kappa shape index (κ2) is 8.24. The molecule has 1 aliphatic rings. The lowest BCUT2D eigenvalue weighted by atomic mass is 9.85. The third-order valence-corrected chi connectivity index (χ3v) is 5.99. The van der Waals surface area contributed by atoms with Crippen molar-refractivity contribution in [2.45, 2.75) is 43.7 Å². The zero-order valence-corrected chi connectivity index (χ0v) is 16.3. The SMILES string of the molecule is COC(c1ccc(I)cc1)C1(NCCCS(=O)(=O)O)CCCC1. The molecule has 0 heterocycles. The molecule has 1 unspecified atom stereocenters. The Labute approximate surface area is 152 Å². The predicted molar refractivity (Wildman–Crippen MR) is 99.1 cm³/mol. The van der Waals surface area contributed by atoms with Gasteiger partial charge >= 0.3 is 0 Å². The molecule has 1 fully saturated rings. The van der Waals surface area contributed by atoms with Crippen molar-refractivity contribution in [3.05, 3.63) is 33.4 Å². The van der Waals surface area contributed by atoms with E-state index in [0.29, 0.717) is 13.0 Å². The van der Waals surface area contributed by atoms with E-state index in [-0.39, 0.29) is 17.4 Å². The quantitative estimate of drug-likeness (QED) is 0.360. The molecule has 0 aliphatic heterocycles. The highest BCUT2D eigenvalue weighted by Gasteiger charge is 2.41. The minimum atomic E-state index is -3.89. The summed E-state index contributed by atoms with van der Waals surface area (Å²) in [4.78, 5) is 0. The van der Waals surface area contributed by atoms with Crippen LogP contribution in [0, 0.1) is 3.57 Å². The molecule has 0 radical (unpaired) electrons. The first-order valence-corrected chi connectivity index (χ1v) is 10.5. The molecule has 0 saturated heterocycles. The van der Waals surface area contributed by atoms with Gasteiger partial charge in [-0.2, -0.15) is 8.42 Å². The Hall–Kier alpha value is -0.220. The molecular weight excluding hydrogens is 429 g/mol. The number of benzene rings is 1. The first-order valence-electron chi connectivity index (χ1n) is 7.85. The summed E-state index contributed by atoms with van der Waals surface area (Å²) in [5, 5.41) is 3.53. The number of hydrogen-bond acceptors (Lipinski definition) is 4. The van der Waals surface area contributed by atoms with Crippen LogP contribution < -0.4 is 5.32 Å². The minimum Gasteiger partial charge on any atom is -0.375 e. The monoisotopic (exact) mass is 453 g/mol. The molecular formula is C16H24INO4S. The van der Waals surface area contributed by atoms with Gasteiger partial charge in [0.15, 0.2) is 0 Å². The fraction of sp³-hybridized carbons (Fsp3) is 0.625. The highest BCUT2D eigenvalue weighted by atomic mass is 127. The van der Waals surface area contributed by atoms with Crippen molar-refractivity contribution in [1.29, 1.82) is 0 Å². The van der Waals surface area contributed by atoms with Gasteiger partial charge in [-0.25, -0.2) is 0 Å². The molecule has 7 heteroatoms.